The van der Waals surface area contributed by atoms with Crippen LogP contribution in [0, 0.1) is 4.91 Å². The predicted molar refractivity (Wildman–Crippen MR) is 64.1 cm³/mol. The van der Waals surface area contributed by atoms with Gasteiger partial charge in [-0.15, -0.1) is 16.5 Å². The van der Waals surface area contributed by atoms with E-state index in [1.54, 1.807) is 0 Å². The number of ether oxygens (including phenoxy) is 1. The average molecular weight is 298 g/mol. The Labute approximate surface area is 114 Å². The van der Waals surface area contributed by atoms with E-state index in [1.165, 1.54) is 7.05 Å². The summed E-state index contributed by atoms with van der Waals surface area (Å²) < 4.78 is 4.99. The third-order valence-electron chi connectivity index (χ3n) is 2.80. The van der Waals surface area contributed by atoms with Crippen LogP contribution in [0.5, 0.6) is 0 Å². The van der Waals surface area contributed by atoms with Gasteiger partial charge in [-0.05, 0) is 0 Å². The topological polar surface area (TPSA) is 123 Å². The highest BCUT2D eigenvalue weighted by molar-refractivity contribution is 6.18. The zero-order chi connectivity index (χ0) is 14.6. The quantitative estimate of drug-likeness (QED) is 0.251. The number of carbonyl (C=O) groups excluding carboxylic acids is 1. The second-order valence-electron chi connectivity index (χ2n) is 4.06. The van der Waals surface area contributed by atoms with Gasteiger partial charge in [0.15, 0.2) is 6.23 Å². The Morgan fingerprint density at radius 2 is 2.21 bits per heavy atom. The molecule has 0 radical (unpaired) electrons. The lowest BCUT2D eigenvalue weighted by atomic mass is 10.1. The number of urea groups is 1. The molecule has 0 aromatic rings. The van der Waals surface area contributed by atoms with Crippen LogP contribution in [-0.2, 0) is 4.74 Å². The van der Waals surface area contributed by atoms with Gasteiger partial charge in [-0.3, -0.25) is 4.90 Å². The molecule has 1 rings (SSSR count). The van der Waals surface area contributed by atoms with Gasteiger partial charge in [0.2, 0.25) is 0 Å². The van der Waals surface area contributed by atoms with Gasteiger partial charge in [-0.2, -0.15) is 5.01 Å². The molecule has 10 heteroatoms. The van der Waals surface area contributed by atoms with Crippen LogP contribution < -0.4 is 0 Å². The molecule has 0 saturated carbocycles. The van der Waals surface area contributed by atoms with Crippen molar-refractivity contribution in [3.8, 4) is 0 Å². The number of likely N-dealkylation sites (N-methyl/N-ethyl adjacent to an activating group) is 1. The lowest BCUT2D eigenvalue weighted by Gasteiger charge is -2.30. The van der Waals surface area contributed by atoms with Crippen LogP contribution in [0.25, 0.3) is 0 Å². The van der Waals surface area contributed by atoms with E-state index >= 15 is 0 Å². The van der Waals surface area contributed by atoms with E-state index in [-0.39, 0.29) is 19.0 Å². The fourth-order valence-electron chi connectivity index (χ4n) is 1.66. The summed E-state index contributed by atoms with van der Waals surface area (Å²) in [6, 6.07) is -0.889. The van der Waals surface area contributed by atoms with Crippen molar-refractivity contribution >= 4 is 17.6 Å². The Morgan fingerprint density at radius 3 is 2.63 bits per heavy atom. The summed E-state index contributed by atoms with van der Waals surface area (Å²) in [6.07, 6.45) is -5.14. The van der Waals surface area contributed by atoms with Crippen molar-refractivity contribution in [3.63, 3.8) is 0 Å². The van der Waals surface area contributed by atoms with Crippen LogP contribution in [0.1, 0.15) is 0 Å². The number of halogens is 1. The summed E-state index contributed by atoms with van der Waals surface area (Å²) in [5, 5.41) is 31.8. The van der Waals surface area contributed by atoms with Crippen molar-refractivity contribution in [2.24, 2.45) is 5.29 Å². The Kier molecular flexibility index (Phi) is 5.88. The molecule has 1 saturated heterocycles. The third kappa shape index (κ3) is 3.51. The number of carbonyl (C=O) groups is 1. The minimum absolute atomic E-state index is 0.00266. The second-order valence-corrected chi connectivity index (χ2v) is 4.43. The predicted octanol–water partition coefficient (Wildman–Crippen LogP) is -1.30. The minimum Gasteiger partial charge on any atom is -0.388 e. The van der Waals surface area contributed by atoms with Gasteiger partial charge < -0.3 is 20.1 Å². The number of rotatable bonds is 5. The van der Waals surface area contributed by atoms with E-state index in [1.807, 2.05) is 0 Å². The van der Waals surface area contributed by atoms with Crippen molar-refractivity contribution in [2.45, 2.75) is 24.5 Å². The highest BCUT2D eigenvalue weighted by atomic mass is 35.5. The molecule has 0 aromatic carbocycles. The maximum Gasteiger partial charge on any atom is 0.344 e. The first-order valence-corrected chi connectivity index (χ1v) is 6.06. The number of nitroso groups, excluding NO2 is 1. The van der Waals surface area contributed by atoms with E-state index in [2.05, 4.69) is 5.29 Å². The van der Waals surface area contributed by atoms with Crippen LogP contribution >= 0.6 is 11.6 Å². The van der Waals surface area contributed by atoms with Gasteiger partial charge >= 0.3 is 6.03 Å². The SMILES string of the molecule is CN(C(=O)N(CCCl)N=O)C(O)[C@H]1OC[C@H](O)[C@@H]1O. The molecule has 0 aliphatic carbocycles. The van der Waals surface area contributed by atoms with Crippen molar-refractivity contribution in [3.05, 3.63) is 4.91 Å². The number of alkyl halides is 1. The zero-order valence-corrected chi connectivity index (χ0v) is 11.0. The molecule has 1 unspecified atom stereocenters. The molecule has 2 amide bonds. The summed E-state index contributed by atoms with van der Waals surface area (Å²) >= 11 is 5.40. The van der Waals surface area contributed by atoms with E-state index in [9.17, 15) is 25.0 Å². The van der Waals surface area contributed by atoms with Crippen LogP contribution in [-0.4, -0.2) is 81.9 Å². The second kappa shape index (κ2) is 6.96. The van der Waals surface area contributed by atoms with Crippen LogP contribution in [0.3, 0.4) is 0 Å². The summed E-state index contributed by atoms with van der Waals surface area (Å²) in [7, 11) is 1.21. The first-order valence-electron chi connectivity index (χ1n) is 5.53. The summed E-state index contributed by atoms with van der Waals surface area (Å²) in [6.45, 7) is -0.264. The Bertz CT molecular complexity index is 333. The lowest BCUT2D eigenvalue weighted by molar-refractivity contribution is -0.100. The number of amides is 2. The molecule has 19 heavy (non-hydrogen) atoms. The Balaban J connectivity index is 2.68. The lowest BCUT2D eigenvalue weighted by Crippen LogP contribution is -2.52. The number of nitrogens with zero attached hydrogens (tertiary/aromatic N) is 3. The van der Waals surface area contributed by atoms with E-state index in [0.29, 0.717) is 5.01 Å². The van der Waals surface area contributed by atoms with Gasteiger partial charge in [-0.25, -0.2) is 4.79 Å². The van der Waals surface area contributed by atoms with E-state index in [4.69, 9.17) is 16.3 Å². The van der Waals surface area contributed by atoms with Crippen LogP contribution in [0.4, 0.5) is 4.79 Å². The molecule has 1 heterocycles. The average Bonchev–Trinajstić information content (AvgIpc) is 2.74. The van der Waals surface area contributed by atoms with Crippen LogP contribution in [0.2, 0.25) is 0 Å². The van der Waals surface area contributed by atoms with Crippen LogP contribution in [0.15, 0.2) is 5.29 Å². The molecular weight excluding hydrogens is 282 g/mol. The van der Waals surface area contributed by atoms with Gasteiger partial charge in [0, 0.05) is 12.9 Å². The normalized spacial score (nSPS) is 27.9. The summed E-state index contributed by atoms with van der Waals surface area (Å²) in [4.78, 5) is 23.0. The van der Waals surface area contributed by atoms with E-state index < -0.39 is 30.6 Å². The molecule has 9 nitrogen and oxygen atoms in total. The molecule has 110 valence electrons. The Hall–Kier alpha value is -1.00. The number of aliphatic hydroxyl groups excluding tert-OH is 3. The molecular formula is C9H16ClN3O6. The largest absolute Gasteiger partial charge is 0.388 e. The number of hydrogen-bond donors (Lipinski definition) is 3. The molecule has 0 spiro atoms. The molecule has 1 fully saturated rings. The standard InChI is InChI=1S/C9H16ClN3O6/c1-12(9(17)13(11-18)3-2-10)8(16)7-6(15)5(14)4-19-7/h5-8,14-16H,2-4H2,1H3/t5-,6-,7-,8?/m0/s1. The smallest absolute Gasteiger partial charge is 0.344 e. The molecule has 0 bridgehead atoms. The molecule has 4 atom stereocenters. The van der Waals surface area contributed by atoms with Crippen molar-refractivity contribution in [1.29, 1.82) is 0 Å². The Morgan fingerprint density at radius 1 is 1.58 bits per heavy atom. The first kappa shape index (κ1) is 16.1. The molecule has 3 N–H and O–H groups in total. The van der Waals surface area contributed by atoms with Gasteiger partial charge in [0.05, 0.1) is 18.4 Å². The minimum atomic E-state index is -1.53. The highest BCUT2D eigenvalue weighted by Gasteiger charge is 2.42. The highest BCUT2D eigenvalue weighted by Crippen LogP contribution is 2.19. The maximum absolute atomic E-state index is 11.8. The van der Waals surface area contributed by atoms with Crippen molar-refractivity contribution in [1.82, 2.24) is 9.91 Å². The summed E-state index contributed by atoms with van der Waals surface area (Å²) in [5.41, 5.74) is 0. The molecule has 1 aliphatic heterocycles. The monoisotopic (exact) mass is 297 g/mol. The number of hydrogen-bond acceptors (Lipinski definition) is 7. The summed E-state index contributed by atoms with van der Waals surface area (Å²) in [5.74, 6) is 0.00266. The molecule has 0 aromatic heterocycles. The zero-order valence-electron chi connectivity index (χ0n) is 10.2. The van der Waals surface area contributed by atoms with E-state index in [0.717, 1.165) is 4.90 Å². The maximum atomic E-state index is 11.8. The van der Waals surface area contributed by atoms with Gasteiger partial charge in [0.1, 0.15) is 18.3 Å². The van der Waals surface area contributed by atoms with Crippen molar-refractivity contribution in [2.75, 3.05) is 26.1 Å². The van der Waals surface area contributed by atoms with Gasteiger partial charge in [0.25, 0.3) is 0 Å². The third-order valence-corrected chi connectivity index (χ3v) is 2.97. The first-order chi connectivity index (χ1) is 8.93. The number of aliphatic hydroxyl groups is 3. The fourth-order valence-corrected chi connectivity index (χ4v) is 1.82. The van der Waals surface area contributed by atoms with Crippen molar-refractivity contribution < 1.29 is 24.9 Å². The fraction of sp³-hybridized carbons (Fsp3) is 0.889. The van der Waals surface area contributed by atoms with Gasteiger partial charge in [-0.1, -0.05) is 0 Å². The molecule has 1 aliphatic rings.